The summed E-state index contributed by atoms with van der Waals surface area (Å²) in [4.78, 5) is 29.5. The fourth-order valence-electron chi connectivity index (χ4n) is 3.35. The van der Waals surface area contributed by atoms with Gasteiger partial charge in [-0.1, -0.05) is 0 Å². The van der Waals surface area contributed by atoms with Crippen LogP contribution in [0.5, 0.6) is 11.5 Å². The minimum Gasteiger partial charge on any atom is -0.493 e. The van der Waals surface area contributed by atoms with Crippen LogP contribution in [0.1, 0.15) is 39.1 Å². The van der Waals surface area contributed by atoms with Crippen molar-refractivity contribution >= 4 is 17.5 Å². The van der Waals surface area contributed by atoms with E-state index in [1.165, 1.54) is 20.4 Å². The first-order valence-corrected chi connectivity index (χ1v) is 9.86. The second-order valence-electron chi connectivity index (χ2n) is 7.23. The summed E-state index contributed by atoms with van der Waals surface area (Å²) in [5.41, 5.74) is 2.00. The topological polar surface area (TPSA) is 98.8 Å². The van der Waals surface area contributed by atoms with Gasteiger partial charge in [-0.2, -0.15) is 0 Å². The smallest absolute Gasteiger partial charge is 0.257 e. The van der Waals surface area contributed by atoms with Crippen molar-refractivity contribution in [2.75, 3.05) is 39.3 Å². The molecule has 0 saturated carbocycles. The van der Waals surface area contributed by atoms with E-state index in [1.54, 1.807) is 24.4 Å². The normalized spacial score (nSPS) is 14.1. The van der Waals surface area contributed by atoms with Gasteiger partial charge in [0.15, 0.2) is 11.5 Å². The number of aromatic nitrogens is 1. The van der Waals surface area contributed by atoms with E-state index in [4.69, 9.17) is 14.2 Å². The molecule has 3 rings (SSSR count). The first-order chi connectivity index (χ1) is 14.5. The highest BCUT2D eigenvalue weighted by atomic mass is 16.5. The number of carbonyl (C=O) groups excluding carboxylic acids is 2. The fourth-order valence-corrected chi connectivity index (χ4v) is 3.35. The molecule has 0 spiro atoms. The molecule has 0 unspecified atom stereocenters. The Morgan fingerprint density at radius 3 is 2.50 bits per heavy atom. The van der Waals surface area contributed by atoms with E-state index in [0.29, 0.717) is 40.8 Å². The van der Waals surface area contributed by atoms with E-state index >= 15 is 0 Å². The van der Waals surface area contributed by atoms with E-state index in [2.05, 4.69) is 15.6 Å². The van der Waals surface area contributed by atoms with Gasteiger partial charge in [-0.15, -0.1) is 0 Å². The number of hydrogen-bond donors (Lipinski definition) is 2. The van der Waals surface area contributed by atoms with E-state index in [9.17, 15) is 9.59 Å². The molecule has 1 aromatic heterocycles. The molecular formula is C22H27N3O5. The van der Waals surface area contributed by atoms with Crippen LogP contribution in [-0.2, 0) is 4.74 Å². The molecule has 1 aliphatic heterocycles. The van der Waals surface area contributed by atoms with Gasteiger partial charge in [-0.3, -0.25) is 14.6 Å². The summed E-state index contributed by atoms with van der Waals surface area (Å²) < 4.78 is 16.2. The van der Waals surface area contributed by atoms with Crippen LogP contribution < -0.4 is 20.1 Å². The Kier molecular flexibility index (Phi) is 7.24. The lowest BCUT2D eigenvalue weighted by Gasteiger charge is -2.22. The van der Waals surface area contributed by atoms with E-state index in [0.717, 1.165) is 31.6 Å². The number of amides is 2. The minimum absolute atomic E-state index is 0.241. The zero-order chi connectivity index (χ0) is 21.5. The van der Waals surface area contributed by atoms with Crippen molar-refractivity contribution < 1.29 is 23.8 Å². The van der Waals surface area contributed by atoms with Crippen LogP contribution in [-0.4, -0.2) is 50.8 Å². The van der Waals surface area contributed by atoms with Crippen molar-refractivity contribution in [3.8, 4) is 11.5 Å². The lowest BCUT2D eigenvalue weighted by atomic mass is 10.0. The lowest BCUT2D eigenvalue weighted by Crippen LogP contribution is -2.32. The molecule has 1 saturated heterocycles. The number of anilines is 1. The average Bonchev–Trinajstić information content (AvgIpc) is 2.77. The molecule has 1 aromatic carbocycles. The monoisotopic (exact) mass is 413 g/mol. The minimum atomic E-state index is -0.355. The molecule has 160 valence electrons. The first-order valence-electron chi connectivity index (χ1n) is 9.86. The molecule has 8 heteroatoms. The largest absolute Gasteiger partial charge is 0.493 e. The zero-order valence-corrected chi connectivity index (χ0v) is 17.5. The zero-order valence-electron chi connectivity index (χ0n) is 17.5. The van der Waals surface area contributed by atoms with Crippen LogP contribution in [0.4, 0.5) is 5.69 Å². The summed E-state index contributed by atoms with van der Waals surface area (Å²) in [6.07, 6.45) is 5.01. The van der Waals surface area contributed by atoms with Crippen LogP contribution in [0.25, 0.3) is 0 Å². The lowest BCUT2D eigenvalue weighted by molar-refractivity contribution is 0.0642. The number of nitrogens with one attached hydrogen (secondary N) is 2. The molecule has 0 atom stereocenters. The maximum Gasteiger partial charge on any atom is 0.257 e. The number of carbonyl (C=O) groups is 2. The molecule has 1 aliphatic rings. The van der Waals surface area contributed by atoms with Crippen molar-refractivity contribution in [3.63, 3.8) is 0 Å². The molecule has 8 nitrogen and oxygen atoms in total. The number of methoxy groups -OCH3 is 2. The third kappa shape index (κ3) is 5.27. The van der Waals surface area contributed by atoms with Crippen LogP contribution >= 0.6 is 0 Å². The number of ether oxygens (including phenoxy) is 3. The van der Waals surface area contributed by atoms with Crippen molar-refractivity contribution in [1.29, 1.82) is 0 Å². The highest BCUT2D eigenvalue weighted by Crippen LogP contribution is 2.37. The van der Waals surface area contributed by atoms with Gasteiger partial charge in [0, 0.05) is 37.7 Å². The number of hydrogen-bond acceptors (Lipinski definition) is 6. The molecule has 1 fully saturated rings. The Morgan fingerprint density at radius 1 is 1.07 bits per heavy atom. The molecule has 30 heavy (non-hydrogen) atoms. The number of pyridine rings is 1. The van der Waals surface area contributed by atoms with Crippen molar-refractivity contribution in [2.45, 2.75) is 19.8 Å². The van der Waals surface area contributed by atoms with Crippen LogP contribution in [0.2, 0.25) is 0 Å². The molecular weight excluding hydrogens is 386 g/mol. The molecule has 2 heterocycles. The Hall–Kier alpha value is -3.13. The maximum atomic E-state index is 12.7. The summed E-state index contributed by atoms with van der Waals surface area (Å²) in [5, 5.41) is 5.76. The molecule has 2 amide bonds. The van der Waals surface area contributed by atoms with Gasteiger partial charge in [0.1, 0.15) is 0 Å². The van der Waals surface area contributed by atoms with Gasteiger partial charge in [-0.25, -0.2) is 0 Å². The Bertz CT molecular complexity index is 910. The summed E-state index contributed by atoms with van der Waals surface area (Å²) in [6, 6.07) is 4.92. The van der Waals surface area contributed by atoms with Gasteiger partial charge in [0.25, 0.3) is 11.8 Å². The molecule has 0 radical (unpaired) electrons. The molecule has 0 aliphatic carbocycles. The average molecular weight is 413 g/mol. The molecule has 0 bridgehead atoms. The van der Waals surface area contributed by atoms with Crippen LogP contribution in [0.3, 0.4) is 0 Å². The van der Waals surface area contributed by atoms with E-state index < -0.39 is 0 Å². The van der Waals surface area contributed by atoms with Gasteiger partial charge in [-0.05, 0) is 49.4 Å². The van der Waals surface area contributed by atoms with Gasteiger partial charge >= 0.3 is 0 Å². The predicted octanol–water partition coefficient (Wildman–Crippen LogP) is 2.82. The third-order valence-corrected chi connectivity index (χ3v) is 5.02. The quantitative estimate of drug-likeness (QED) is 0.724. The number of aryl methyl sites for hydroxylation is 1. The third-order valence-electron chi connectivity index (χ3n) is 5.02. The van der Waals surface area contributed by atoms with Crippen LogP contribution in [0, 0.1) is 12.8 Å². The summed E-state index contributed by atoms with van der Waals surface area (Å²) in [7, 11) is 2.96. The van der Waals surface area contributed by atoms with Gasteiger partial charge in [0.2, 0.25) is 0 Å². The van der Waals surface area contributed by atoms with Gasteiger partial charge in [0.05, 0.1) is 25.5 Å². The van der Waals surface area contributed by atoms with E-state index in [-0.39, 0.29) is 11.8 Å². The second-order valence-corrected chi connectivity index (χ2v) is 7.23. The fraction of sp³-hybridized carbons (Fsp3) is 0.409. The summed E-state index contributed by atoms with van der Waals surface area (Å²) in [6.45, 7) is 3.88. The SMILES string of the molecule is COc1cc(C(=O)NCC2CCOCC2)cc(NC(=O)c2cncc(C)c2)c1OC. The van der Waals surface area contributed by atoms with Crippen molar-refractivity contribution in [3.05, 3.63) is 47.3 Å². The highest BCUT2D eigenvalue weighted by molar-refractivity contribution is 6.06. The predicted molar refractivity (Wildman–Crippen MR) is 112 cm³/mol. The van der Waals surface area contributed by atoms with Crippen molar-refractivity contribution in [1.82, 2.24) is 10.3 Å². The number of nitrogens with zero attached hydrogens (tertiary/aromatic N) is 1. The second kappa shape index (κ2) is 10.1. The summed E-state index contributed by atoms with van der Waals surface area (Å²) >= 11 is 0. The maximum absolute atomic E-state index is 12.7. The van der Waals surface area contributed by atoms with Crippen molar-refractivity contribution in [2.24, 2.45) is 5.92 Å². The number of benzene rings is 1. The Labute approximate surface area is 175 Å². The highest BCUT2D eigenvalue weighted by Gasteiger charge is 2.20. The standard InChI is InChI=1S/C22H27N3O5/c1-14-8-17(13-23-11-14)22(27)25-18-9-16(10-19(28-2)20(18)29-3)21(26)24-12-15-4-6-30-7-5-15/h8-11,13,15H,4-7,12H2,1-3H3,(H,24,26)(H,25,27). The van der Waals surface area contributed by atoms with Gasteiger partial charge < -0.3 is 24.8 Å². The molecule has 2 N–H and O–H groups in total. The Morgan fingerprint density at radius 2 is 1.83 bits per heavy atom. The number of rotatable bonds is 7. The Balaban J connectivity index is 1.80. The first kappa shape index (κ1) is 21.6. The summed E-state index contributed by atoms with van der Waals surface area (Å²) in [5.74, 6) is 0.499. The van der Waals surface area contributed by atoms with E-state index in [1.807, 2.05) is 6.92 Å². The van der Waals surface area contributed by atoms with Crippen LogP contribution in [0.15, 0.2) is 30.6 Å². The molecule has 2 aromatic rings.